The molecule has 1 aliphatic rings. The molecule has 0 bridgehead atoms. The highest BCUT2D eigenvalue weighted by Crippen LogP contribution is 2.33. The van der Waals surface area contributed by atoms with Crippen LogP contribution in [-0.2, 0) is 16.6 Å². The summed E-state index contributed by atoms with van der Waals surface area (Å²) < 4.78 is 32.8. The number of hydrogen-bond donors (Lipinski definition) is 1. The van der Waals surface area contributed by atoms with Gasteiger partial charge in [0.2, 0.25) is 10.0 Å². The van der Waals surface area contributed by atoms with E-state index in [0.29, 0.717) is 41.9 Å². The van der Waals surface area contributed by atoms with Gasteiger partial charge in [0.25, 0.3) is 0 Å². The van der Waals surface area contributed by atoms with Crippen LogP contribution in [0, 0.1) is 11.8 Å². The minimum atomic E-state index is -3.48. The van der Waals surface area contributed by atoms with E-state index in [1.807, 2.05) is 6.92 Å². The van der Waals surface area contributed by atoms with Crippen molar-refractivity contribution in [2.75, 3.05) is 19.6 Å². The van der Waals surface area contributed by atoms with E-state index < -0.39 is 10.0 Å². The molecule has 2 heterocycles. The highest BCUT2D eigenvalue weighted by molar-refractivity contribution is 9.10. The Hall–Kier alpha value is -0.370. The number of sulfonamides is 1. The summed E-state index contributed by atoms with van der Waals surface area (Å²) in [6.07, 6.45) is 0.927. The fourth-order valence-corrected chi connectivity index (χ4v) is 5.04. The van der Waals surface area contributed by atoms with Crippen molar-refractivity contribution in [2.45, 2.75) is 38.6 Å². The van der Waals surface area contributed by atoms with Gasteiger partial charge in [0.1, 0.15) is 10.7 Å². The summed E-state index contributed by atoms with van der Waals surface area (Å²) in [7, 11) is -3.48. The van der Waals surface area contributed by atoms with Crippen molar-refractivity contribution < 1.29 is 12.8 Å². The first-order valence-corrected chi connectivity index (χ1v) is 9.58. The molecule has 120 valence electrons. The summed E-state index contributed by atoms with van der Waals surface area (Å²) in [5.74, 6) is 1.57. The summed E-state index contributed by atoms with van der Waals surface area (Å²) in [4.78, 5) is 0.236. The van der Waals surface area contributed by atoms with Crippen molar-refractivity contribution in [2.24, 2.45) is 11.8 Å². The molecule has 7 heteroatoms. The lowest BCUT2D eigenvalue weighted by Gasteiger charge is -2.17. The molecule has 0 spiro atoms. The lowest BCUT2D eigenvalue weighted by atomic mass is 9.96. The number of furan rings is 1. The molecule has 21 heavy (non-hydrogen) atoms. The summed E-state index contributed by atoms with van der Waals surface area (Å²) >= 11 is 3.24. The van der Waals surface area contributed by atoms with E-state index in [1.165, 1.54) is 0 Å². The second-order valence-corrected chi connectivity index (χ2v) is 8.41. The Labute approximate surface area is 135 Å². The van der Waals surface area contributed by atoms with Crippen LogP contribution in [-0.4, -0.2) is 32.4 Å². The zero-order valence-corrected chi connectivity index (χ0v) is 15.1. The van der Waals surface area contributed by atoms with E-state index in [2.05, 4.69) is 35.1 Å². The van der Waals surface area contributed by atoms with Crippen molar-refractivity contribution >= 4 is 26.0 Å². The maximum absolute atomic E-state index is 12.7. The molecule has 2 rings (SSSR count). The highest BCUT2D eigenvalue weighted by Gasteiger charge is 2.36. The molecule has 0 aliphatic carbocycles. The number of nitrogens with zero attached hydrogens (tertiary/aromatic N) is 1. The summed E-state index contributed by atoms with van der Waals surface area (Å²) in [6.45, 7) is 8.80. The fraction of sp³-hybridized carbons (Fsp3) is 0.714. The van der Waals surface area contributed by atoms with Crippen LogP contribution in [0.15, 0.2) is 20.0 Å². The first kappa shape index (κ1) is 17.0. The summed E-state index contributed by atoms with van der Waals surface area (Å²) in [5.41, 5.74) is 0. The van der Waals surface area contributed by atoms with Crippen LogP contribution in [0.5, 0.6) is 0 Å². The number of halogens is 1. The van der Waals surface area contributed by atoms with Crippen LogP contribution in [0.2, 0.25) is 0 Å². The Morgan fingerprint density at radius 3 is 2.81 bits per heavy atom. The van der Waals surface area contributed by atoms with E-state index in [0.717, 1.165) is 13.0 Å². The van der Waals surface area contributed by atoms with Gasteiger partial charge in [-0.1, -0.05) is 20.8 Å². The van der Waals surface area contributed by atoms with E-state index in [-0.39, 0.29) is 4.90 Å². The summed E-state index contributed by atoms with van der Waals surface area (Å²) in [5, 5.41) is 3.13. The van der Waals surface area contributed by atoms with E-state index in [9.17, 15) is 8.42 Å². The molecule has 0 amide bonds. The minimum absolute atomic E-state index is 0.236. The second kappa shape index (κ2) is 6.81. The Morgan fingerprint density at radius 1 is 1.52 bits per heavy atom. The molecule has 0 saturated carbocycles. The fourth-order valence-electron chi connectivity index (χ4n) is 2.56. The third-order valence-corrected chi connectivity index (χ3v) is 6.73. The topological polar surface area (TPSA) is 62.6 Å². The molecule has 1 N–H and O–H groups in total. The maximum Gasteiger partial charge on any atom is 0.247 e. The predicted octanol–water partition coefficient (Wildman–Crippen LogP) is 2.82. The van der Waals surface area contributed by atoms with Gasteiger partial charge in [-0.05, 0) is 40.7 Å². The lowest BCUT2D eigenvalue weighted by molar-refractivity contribution is 0.388. The minimum Gasteiger partial charge on any atom is -0.452 e. The van der Waals surface area contributed by atoms with Crippen LogP contribution in [0.1, 0.15) is 33.0 Å². The number of hydrogen-bond acceptors (Lipinski definition) is 4. The lowest BCUT2D eigenvalue weighted by Crippen LogP contribution is -2.29. The Morgan fingerprint density at radius 2 is 2.24 bits per heavy atom. The van der Waals surface area contributed by atoms with Crippen molar-refractivity contribution in [1.82, 2.24) is 9.62 Å². The van der Waals surface area contributed by atoms with Gasteiger partial charge in [-0.3, -0.25) is 0 Å². The average molecular weight is 379 g/mol. The molecule has 1 saturated heterocycles. The Bertz CT molecular complexity index is 583. The molecule has 0 aromatic carbocycles. The van der Waals surface area contributed by atoms with E-state index in [4.69, 9.17) is 4.42 Å². The average Bonchev–Trinajstić information content (AvgIpc) is 3.03. The Kier molecular flexibility index (Phi) is 5.51. The molecular weight excluding hydrogens is 356 g/mol. The standard InChI is InChI=1S/C14H23BrN2O3S/c1-4-16-8-12-7-13(14(15)20-12)21(18,19)17-6-5-11(9-17)10(2)3/h7,10-11,16H,4-6,8-9H2,1-3H3. The predicted molar refractivity (Wildman–Crippen MR) is 85.5 cm³/mol. The van der Waals surface area contributed by atoms with E-state index >= 15 is 0 Å². The van der Waals surface area contributed by atoms with Gasteiger partial charge in [0.15, 0.2) is 4.67 Å². The molecule has 1 unspecified atom stereocenters. The molecule has 5 nitrogen and oxygen atoms in total. The number of nitrogens with one attached hydrogen (secondary N) is 1. The molecule has 1 aromatic heterocycles. The van der Waals surface area contributed by atoms with Gasteiger partial charge in [-0.2, -0.15) is 4.31 Å². The van der Waals surface area contributed by atoms with Gasteiger partial charge < -0.3 is 9.73 Å². The molecule has 1 atom stereocenters. The van der Waals surface area contributed by atoms with Crippen LogP contribution in [0.4, 0.5) is 0 Å². The maximum atomic E-state index is 12.7. The quantitative estimate of drug-likeness (QED) is 0.826. The van der Waals surface area contributed by atoms with Crippen LogP contribution < -0.4 is 5.32 Å². The Balaban J connectivity index is 2.18. The van der Waals surface area contributed by atoms with Crippen molar-refractivity contribution in [1.29, 1.82) is 0 Å². The van der Waals surface area contributed by atoms with Crippen LogP contribution in [0.25, 0.3) is 0 Å². The highest BCUT2D eigenvalue weighted by atomic mass is 79.9. The van der Waals surface area contributed by atoms with E-state index in [1.54, 1.807) is 10.4 Å². The van der Waals surface area contributed by atoms with Gasteiger partial charge in [-0.15, -0.1) is 0 Å². The smallest absolute Gasteiger partial charge is 0.247 e. The van der Waals surface area contributed by atoms with Crippen LogP contribution >= 0.6 is 15.9 Å². The van der Waals surface area contributed by atoms with Crippen LogP contribution in [0.3, 0.4) is 0 Å². The monoisotopic (exact) mass is 378 g/mol. The third-order valence-electron chi connectivity index (χ3n) is 4.00. The normalized spacial score (nSPS) is 20.5. The molecular formula is C14H23BrN2O3S. The van der Waals surface area contributed by atoms with Crippen molar-refractivity contribution in [3.05, 3.63) is 16.5 Å². The zero-order chi connectivity index (χ0) is 15.6. The SMILES string of the molecule is CCNCc1cc(S(=O)(=O)N2CCC(C(C)C)C2)c(Br)o1. The van der Waals surface area contributed by atoms with Gasteiger partial charge in [0, 0.05) is 19.2 Å². The van der Waals surface area contributed by atoms with Crippen molar-refractivity contribution in [3.63, 3.8) is 0 Å². The summed E-state index contributed by atoms with van der Waals surface area (Å²) in [6, 6.07) is 1.62. The van der Waals surface area contributed by atoms with Gasteiger partial charge in [-0.25, -0.2) is 8.42 Å². The van der Waals surface area contributed by atoms with Gasteiger partial charge >= 0.3 is 0 Å². The third kappa shape index (κ3) is 3.70. The van der Waals surface area contributed by atoms with Crippen molar-refractivity contribution in [3.8, 4) is 0 Å². The van der Waals surface area contributed by atoms with Gasteiger partial charge in [0.05, 0.1) is 6.54 Å². The second-order valence-electron chi connectivity index (χ2n) is 5.79. The first-order valence-electron chi connectivity index (χ1n) is 7.35. The first-order chi connectivity index (χ1) is 9.86. The molecule has 0 radical (unpaired) electrons. The zero-order valence-electron chi connectivity index (χ0n) is 12.7. The molecule has 1 fully saturated rings. The molecule has 1 aliphatic heterocycles. The largest absolute Gasteiger partial charge is 0.452 e. The molecule has 1 aromatic rings. The number of rotatable bonds is 6.